The molecule has 0 saturated heterocycles. The third kappa shape index (κ3) is 3.93. The zero-order valence-electron chi connectivity index (χ0n) is 11.5. The molecule has 0 bridgehead atoms. The van der Waals surface area contributed by atoms with Crippen molar-refractivity contribution in [3.05, 3.63) is 71.8 Å². The molecule has 0 saturated carbocycles. The molecule has 0 aliphatic carbocycles. The standard InChI is InChI=1S/C17H18O3/c1-19-17(18)16(15-10-6-3-7-11-15)20-13-12-14-8-4-2-5-9-14/h2-11,16H,12-13H2,1H3. The summed E-state index contributed by atoms with van der Waals surface area (Å²) in [6.45, 7) is 0.471. The van der Waals surface area contributed by atoms with Crippen molar-refractivity contribution >= 4 is 5.97 Å². The van der Waals surface area contributed by atoms with E-state index in [2.05, 4.69) is 0 Å². The monoisotopic (exact) mass is 270 g/mol. The smallest absolute Gasteiger partial charge is 0.339 e. The van der Waals surface area contributed by atoms with Crippen LogP contribution in [0.2, 0.25) is 0 Å². The fourth-order valence-corrected chi connectivity index (χ4v) is 1.97. The lowest BCUT2D eigenvalue weighted by molar-refractivity contribution is -0.154. The maximum Gasteiger partial charge on any atom is 0.339 e. The van der Waals surface area contributed by atoms with E-state index in [1.54, 1.807) is 0 Å². The average Bonchev–Trinajstić information content (AvgIpc) is 2.53. The van der Waals surface area contributed by atoms with Gasteiger partial charge in [-0.3, -0.25) is 0 Å². The normalized spacial score (nSPS) is 11.8. The van der Waals surface area contributed by atoms with Crippen molar-refractivity contribution in [2.24, 2.45) is 0 Å². The molecule has 3 heteroatoms. The Balaban J connectivity index is 1.97. The van der Waals surface area contributed by atoms with Gasteiger partial charge in [-0.25, -0.2) is 4.79 Å². The Labute approximate surface area is 119 Å². The lowest BCUT2D eigenvalue weighted by atomic mass is 10.1. The van der Waals surface area contributed by atoms with Crippen LogP contribution < -0.4 is 0 Å². The predicted molar refractivity (Wildman–Crippen MR) is 77.3 cm³/mol. The zero-order chi connectivity index (χ0) is 14.2. The Bertz CT molecular complexity index is 522. The van der Waals surface area contributed by atoms with Gasteiger partial charge in [0.25, 0.3) is 0 Å². The van der Waals surface area contributed by atoms with Gasteiger partial charge < -0.3 is 9.47 Å². The molecule has 0 amide bonds. The summed E-state index contributed by atoms with van der Waals surface area (Å²) in [6, 6.07) is 19.4. The quantitative estimate of drug-likeness (QED) is 0.756. The number of hydrogen-bond donors (Lipinski definition) is 0. The van der Waals surface area contributed by atoms with Gasteiger partial charge in [0.1, 0.15) is 0 Å². The first kappa shape index (κ1) is 14.3. The highest BCUT2D eigenvalue weighted by Gasteiger charge is 2.21. The third-order valence-electron chi connectivity index (χ3n) is 3.04. The second-order valence-corrected chi connectivity index (χ2v) is 4.42. The molecule has 2 aromatic rings. The average molecular weight is 270 g/mol. The third-order valence-corrected chi connectivity index (χ3v) is 3.04. The number of carbonyl (C=O) groups excluding carboxylic acids is 1. The van der Waals surface area contributed by atoms with Crippen molar-refractivity contribution in [1.82, 2.24) is 0 Å². The lowest BCUT2D eigenvalue weighted by Crippen LogP contribution is -2.18. The summed E-state index contributed by atoms with van der Waals surface area (Å²) in [7, 11) is 1.37. The van der Waals surface area contributed by atoms with Gasteiger partial charge in [-0.05, 0) is 17.5 Å². The molecular weight excluding hydrogens is 252 g/mol. The molecule has 0 radical (unpaired) electrons. The van der Waals surface area contributed by atoms with Crippen molar-refractivity contribution in [2.75, 3.05) is 13.7 Å². The SMILES string of the molecule is COC(=O)C(OCCc1ccccc1)c1ccccc1. The number of methoxy groups -OCH3 is 1. The van der Waals surface area contributed by atoms with E-state index in [1.807, 2.05) is 60.7 Å². The highest BCUT2D eigenvalue weighted by atomic mass is 16.6. The molecule has 104 valence electrons. The zero-order valence-corrected chi connectivity index (χ0v) is 11.5. The highest BCUT2D eigenvalue weighted by molar-refractivity contribution is 5.76. The number of esters is 1. The number of ether oxygens (including phenoxy) is 2. The van der Waals surface area contributed by atoms with Crippen molar-refractivity contribution in [2.45, 2.75) is 12.5 Å². The first-order valence-electron chi connectivity index (χ1n) is 6.59. The van der Waals surface area contributed by atoms with E-state index in [1.165, 1.54) is 12.7 Å². The maximum atomic E-state index is 11.8. The Morgan fingerprint density at radius 3 is 2.20 bits per heavy atom. The highest BCUT2D eigenvalue weighted by Crippen LogP contribution is 2.19. The summed E-state index contributed by atoms with van der Waals surface area (Å²) in [5.41, 5.74) is 2.00. The van der Waals surface area contributed by atoms with E-state index in [0.717, 1.165) is 12.0 Å². The van der Waals surface area contributed by atoms with Crippen LogP contribution in [0, 0.1) is 0 Å². The largest absolute Gasteiger partial charge is 0.467 e. The van der Waals surface area contributed by atoms with Gasteiger partial charge >= 0.3 is 5.97 Å². The van der Waals surface area contributed by atoms with Crippen molar-refractivity contribution in [3.8, 4) is 0 Å². The van der Waals surface area contributed by atoms with Gasteiger partial charge in [0, 0.05) is 0 Å². The molecule has 0 aromatic heterocycles. The van der Waals surface area contributed by atoms with E-state index in [4.69, 9.17) is 9.47 Å². The summed E-state index contributed by atoms with van der Waals surface area (Å²) in [5, 5.41) is 0. The van der Waals surface area contributed by atoms with Crippen LogP contribution in [0.4, 0.5) is 0 Å². The molecule has 1 unspecified atom stereocenters. The van der Waals surface area contributed by atoms with Crippen LogP contribution in [0.15, 0.2) is 60.7 Å². The fourth-order valence-electron chi connectivity index (χ4n) is 1.97. The summed E-state index contributed by atoms with van der Waals surface area (Å²) < 4.78 is 10.5. The lowest BCUT2D eigenvalue weighted by Gasteiger charge is -2.16. The van der Waals surface area contributed by atoms with Gasteiger partial charge in [0.05, 0.1) is 13.7 Å². The Kier molecular flexibility index (Phi) is 5.33. The maximum absolute atomic E-state index is 11.8. The number of benzene rings is 2. The van der Waals surface area contributed by atoms with Gasteiger partial charge in [-0.1, -0.05) is 60.7 Å². The van der Waals surface area contributed by atoms with Gasteiger partial charge in [0.2, 0.25) is 0 Å². The van der Waals surface area contributed by atoms with Crippen LogP contribution in [0.3, 0.4) is 0 Å². The van der Waals surface area contributed by atoms with Gasteiger partial charge in [-0.15, -0.1) is 0 Å². The summed E-state index contributed by atoms with van der Waals surface area (Å²) in [5.74, 6) is -0.371. The molecule has 0 spiro atoms. The van der Waals surface area contributed by atoms with Crippen LogP contribution in [0.25, 0.3) is 0 Å². The van der Waals surface area contributed by atoms with E-state index < -0.39 is 6.10 Å². The molecule has 3 nitrogen and oxygen atoms in total. The van der Waals surface area contributed by atoms with Gasteiger partial charge in [-0.2, -0.15) is 0 Å². The molecule has 0 aliphatic rings. The number of hydrogen-bond acceptors (Lipinski definition) is 3. The Morgan fingerprint density at radius 1 is 1.00 bits per heavy atom. The first-order chi connectivity index (χ1) is 9.81. The molecule has 2 rings (SSSR count). The van der Waals surface area contributed by atoms with E-state index >= 15 is 0 Å². The first-order valence-corrected chi connectivity index (χ1v) is 6.59. The van der Waals surface area contributed by atoms with Crippen molar-refractivity contribution in [1.29, 1.82) is 0 Å². The Hall–Kier alpha value is -2.13. The van der Waals surface area contributed by atoms with E-state index in [-0.39, 0.29) is 5.97 Å². The van der Waals surface area contributed by atoms with Crippen LogP contribution in [0.1, 0.15) is 17.2 Å². The predicted octanol–water partition coefficient (Wildman–Crippen LogP) is 3.16. The number of rotatable bonds is 6. The van der Waals surface area contributed by atoms with E-state index in [0.29, 0.717) is 6.61 Å². The van der Waals surface area contributed by atoms with Crippen LogP contribution >= 0.6 is 0 Å². The van der Waals surface area contributed by atoms with Crippen molar-refractivity contribution in [3.63, 3.8) is 0 Å². The molecule has 0 aliphatic heterocycles. The fraction of sp³-hybridized carbons (Fsp3) is 0.235. The molecule has 0 fully saturated rings. The summed E-state index contributed by atoms with van der Waals surface area (Å²) in [6.07, 6.45) is 0.103. The summed E-state index contributed by atoms with van der Waals surface area (Å²) in [4.78, 5) is 11.8. The van der Waals surface area contributed by atoms with Crippen LogP contribution in [0.5, 0.6) is 0 Å². The Morgan fingerprint density at radius 2 is 1.60 bits per heavy atom. The van der Waals surface area contributed by atoms with Crippen molar-refractivity contribution < 1.29 is 14.3 Å². The minimum absolute atomic E-state index is 0.371. The molecule has 20 heavy (non-hydrogen) atoms. The second kappa shape index (κ2) is 7.46. The van der Waals surface area contributed by atoms with E-state index in [9.17, 15) is 4.79 Å². The minimum atomic E-state index is -0.662. The molecule has 0 N–H and O–H groups in total. The molecule has 0 heterocycles. The van der Waals surface area contributed by atoms with Gasteiger partial charge in [0.15, 0.2) is 6.10 Å². The van der Waals surface area contributed by atoms with Crippen LogP contribution in [-0.2, 0) is 20.7 Å². The molecule has 2 aromatic carbocycles. The van der Waals surface area contributed by atoms with Crippen LogP contribution in [-0.4, -0.2) is 19.7 Å². The number of carbonyl (C=O) groups is 1. The second-order valence-electron chi connectivity index (χ2n) is 4.42. The topological polar surface area (TPSA) is 35.5 Å². The molecular formula is C17H18O3. The molecule has 1 atom stereocenters. The summed E-state index contributed by atoms with van der Waals surface area (Å²) >= 11 is 0. The minimum Gasteiger partial charge on any atom is -0.467 e.